The summed E-state index contributed by atoms with van der Waals surface area (Å²) in [5, 5.41) is 30.8. The fourth-order valence-corrected chi connectivity index (χ4v) is 6.26. The molecule has 0 radical (unpaired) electrons. The molecule has 0 spiro atoms. The van der Waals surface area contributed by atoms with Crippen molar-refractivity contribution < 1.29 is 33.9 Å². The third kappa shape index (κ3) is 6.66. The van der Waals surface area contributed by atoms with E-state index >= 15 is 0 Å². The molecule has 2 aliphatic rings. The summed E-state index contributed by atoms with van der Waals surface area (Å²) in [6.45, 7) is 4.50. The lowest BCUT2D eigenvalue weighted by Gasteiger charge is -2.49. The lowest BCUT2D eigenvalue weighted by atomic mass is 10.0. The number of tetrazole rings is 1. The van der Waals surface area contributed by atoms with Crippen LogP contribution in [0.5, 0.6) is 0 Å². The predicted octanol–water partition coefficient (Wildman–Crippen LogP) is -0.168. The maximum absolute atomic E-state index is 13.1. The molecular weight excluding hydrogens is 574 g/mol. The number of aromatic amines is 1. The maximum Gasteiger partial charge on any atom is 0.352 e. The second-order valence-electron chi connectivity index (χ2n) is 8.98. The molecule has 2 aliphatic heterocycles. The van der Waals surface area contributed by atoms with Crippen molar-refractivity contribution >= 4 is 69.5 Å². The van der Waals surface area contributed by atoms with E-state index in [1.807, 2.05) is 0 Å². The van der Waals surface area contributed by atoms with Crippen LogP contribution in [0.25, 0.3) is 0 Å². The summed E-state index contributed by atoms with van der Waals surface area (Å²) < 4.78 is 5.15. The van der Waals surface area contributed by atoms with Crippen molar-refractivity contribution in [3.8, 4) is 0 Å². The molecule has 1 saturated heterocycles. The number of H-pyrrole nitrogens is 1. The number of oxime groups is 1. The molecule has 2 aromatic rings. The number of thiazole rings is 1. The number of carbonyl (C=O) groups excluding carboxylic acids is 3. The number of esters is 1. The van der Waals surface area contributed by atoms with Crippen molar-refractivity contribution in [3.63, 3.8) is 0 Å². The smallest absolute Gasteiger partial charge is 0.352 e. The number of nitrogen functional groups attached to an aromatic ring is 1. The Morgan fingerprint density at radius 3 is 2.77 bits per heavy atom. The second-order valence-corrected chi connectivity index (χ2v) is 11.9. The number of hydrogen-bond donors (Lipinski definition) is 4. The summed E-state index contributed by atoms with van der Waals surface area (Å²) in [6.07, 6.45) is 0. The number of fused-ring (bicyclic) bond motifs is 1. The SMILES string of the molecule is CC(C)(C)OC(=O)CO/N=C(\C(=O)NC1C(=O)N2C(C(=O)O)=C(CSc3nnn[nH]3)CS[C@H]12)c1csc(N)n1. The third-order valence-electron chi connectivity index (χ3n) is 4.98. The van der Waals surface area contributed by atoms with Crippen molar-refractivity contribution in [2.24, 2.45) is 5.16 Å². The molecule has 2 amide bonds. The molecular formula is C20H23N9O7S3. The summed E-state index contributed by atoms with van der Waals surface area (Å²) in [4.78, 5) is 60.4. The highest BCUT2D eigenvalue weighted by Gasteiger charge is 2.54. The van der Waals surface area contributed by atoms with E-state index in [1.54, 1.807) is 20.8 Å². The quantitative estimate of drug-likeness (QED) is 0.0917. The van der Waals surface area contributed by atoms with Crippen LogP contribution in [0.1, 0.15) is 26.5 Å². The normalized spacial score (nSPS) is 19.3. The van der Waals surface area contributed by atoms with E-state index in [4.69, 9.17) is 15.3 Å². The van der Waals surface area contributed by atoms with E-state index in [2.05, 4.69) is 36.1 Å². The minimum atomic E-state index is -1.26. The molecule has 4 rings (SSSR count). The van der Waals surface area contributed by atoms with Crippen LogP contribution in [0.15, 0.2) is 27.0 Å². The largest absolute Gasteiger partial charge is 0.477 e. The van der Waals surface area contributed by atoms with E-state index in [0.29, 0.717) is 16.5 Å². The van der Waals surface area contributed by atoms with Crippen LogP contribution < -0.4 is 11.1 Å². The molecule has 0 saturated carbocycles. The van der Waals surface area contributed by atoms with Gasteiger partial charge in [-0.1, -0.05) is 16.9 Å². The zero-order chi connectivity index (χ0) is 28.3. The summed E-state index contributed by atoms with van der Waals surface area (Å²) in [6, 6.07) is -1.03. The molecule has 2 atom stereocenters. The Balaban J connectivity index is 1.46. The third-order valence-corrected chi connectivity index (χ3v) is 7.94. The molecule has 4 heterocycles. The number of carbonyl (C=O) groups is 4. The van der Waals surface area contributed by atoms with Crippen LogP contribution >= 0.6 is 34.9 Å². The van der Waals surface area contributed by atoms with E-state index in [1.165, 1.54) is 28.9 Å². The summed E-state index contributed by atoms with van der Waals surface area (Å²) in [7, 11) is 0. The number of hydrogen-bond acceptors (Lipinski definition) is 15. The standard InChI is InChI=1S/C20H23N9O7S3/c1-20(2,3)36-10(30)4-35-26-11(9-7-38-18(21)22-9)14(31)23-12-15(32)29-13(17(33)34)8(5-37-16(12)29)6-39-19-24-27-28-25-19/h7,12,16H,4-6H2,1-3H3,(H2,21,22)(H,23,31)(H,33,34)(H,24,25,27,28)/b26-11-/t12?,16-/m1/s1. The summed E-state index contributed by atoms with van der Waals surface area (Å²) in [5.74, 6) is -2.83. The Hall–Kier alpha value is -3.71. The average Bonchev–Trinajstić information content (AvgIpc) is 3.53. The van der Waals surface area contributed by atoms with E-state index in [0.717, 1.165) is 16.2 Å². The van der Waals surface area contributed by atoms with Crippen LogP contribution in [0.2, 0.25) is 0 Å². The number of amides is 2. The van der Waals surface area contributed by atoms with E-state index in [-0.39, 0.29) is 28.0 Å². The Morgan fingerprint density at radius 2 is 2.15 bits per heavy atom. The minimum absolute atomic E-state index is 0.0754. The Bertz CT molecular complexity index is 1340. The molecule has 208 valence electrons. The number of nitrogens with one attached hydrogen (secondary N) is 2. The molecule has 5 N–H and O–H groups in total. The topological polar surface area (TPSA) is 228 Å². The summed E-state index contributed by atoms with van der Waals surface area (Å²) >= 11 is 3.55. The van der Waals surface area contributed by atoms with Crippen LogP contribution in [0.3, 0.4) is 0 Å². The summed E-state index contributed by atoms with van der Waals surface area (Å²) in [5.41, 5.74) is 5.08. The lowest BCUT2D eigenvalue weighted by Crippen LogP contribution is -2.71. The highest BCUT2D eigenvalue weighted by molar-refractivity contribution is 8.01. The number of nitrogens with zero attached hydrogens (tertiary/aromatic N) is 6. The van der Waals surface area contributed by atoms with Gasteiger partial charge in [-0.2, -0.15) is 0 Å². The molecule has 16 nitrogen and oxygen atoms in total. The van der Waals surface area contributed by atoms with Crippen molar-refractivity contribution in [3.05, 3.63) is 22.3 Å². The van der Waals surface area contributed by atoms with Gasteiger partial charge in [0.1, 0.15) is 28.4 Å². The molecule has 0 aromatic carbocycles. The van der Waals surface area contributed by atoms with Crippen LogP contribution in [-0.4, -0.2) is 100 Å². The van der Waals surface area contributed by atoms with Crippen LogP contribution in [0.4, 0.5) is 5.13 Å². The predicted molar refractivity (Wildman–Crippen MR) is 139 cm³/mol. The van der Waals surface area contributed by atoms with Gasteiger partial charge in [-0.25, -0.2) is 19.7 Å². The first-order chi connectivity index (χ1) is 18.4. The van der Waals surface area contributed by atoms with Gasteiger partial charge in [0.15, 0.2) is 10.8 Å². The molecule has 39 heavy (non-hydrogen) atoms. The van der Waals surface area contributed by atoms with Crippen molar-refractivity contribution in [2.75, 3.05) is 23.8 Å². The number of ether oxygens (including phenoxy) is 1. The van der Waals surface area contributed by atoms with Gasteiger partial charge in [0, 0.05) is 16.9 Å². The van der Waals surface area contributed by atoms with Crippen molar-refractivity contribution in [1.82, 2.24) is 35.8 Å². The van der Waals surface area contributed by atoms with Crippen molar-refractivity contribution in [2.45, 2.75) is 42.9 Å². The number of aromatic nitrogens is 5. The van der Waals surface area contributed by atoms with Gasteiger partial charge in [0.05, 0.1) is 0 Å². The van der Waals surface area contributed by atoms with E-state index in [9.17, 15) is 24.3 Å². The highest BCUT2D eigenvalue weighted by atomic mass is 32.2. The van der Waals surface area contributed by atoms with E-state index < -0.39 is 47.4 Å². The Kier molecular flexibility index (Phi) is 8.40. The molecule has 19 heteroatoms. The molecule has 2 aromatic heterocycles. The number of rotatable bonds is 10. The highest BCUT2D eigenvalue weighted by Crippen LogP contribution is 2.41. The first kappa shape index (κ1) is 28.3. The average molecular weight is 598 g/mol. The fraction of sp³-hybridized carbons (Fsp3) is 0.450. The van der Waals surface area contributed by atoms with Gasteiger partial charge in [0.2, 0.25) is 11.8 Å². The Labute approximate surface area is 233 Å². The van der Waals surface area contributed by atoms with Gasteiger partial charge in [0.25, 0.3) is 11.8 Å². The Morgan fingerprint density at radius 1 is 1.38 bits per heavy atom. The fourth-order valence-electron chi connectivity index (χ4n) is 3.49. The van der Waals surface area contributed by atoms with Gasteiger partial charge in [-0.05, 0) is 36.8 Å². The number of thioether (sulfide) groups is 2. The first-order valence-corrected chi connectivity index (χ1v) is 14.1. The number of nitrogens with two attached hydrogens (primary N) is 1. The number of carboxylic acids is 1. The van der Waals surface area contributed by atoms with Crippen LogP contribution in [-0.2, 0) is 28.8 Å². The number of anilines is 1. The lowest BCUT2D eigenvalue weighted by molar-refractivity contribution is -0.160. The monoisotopic (exact) mass is 597 g/mol. The number of aliphatic carboxylic acids is 1. The second kappa shape index (κ2) is 11.6. The van der Waals surface area contributed by atoms with Crippen molar-refractivity contribution in [1.29, 1.82) is 0 Å². The first-order valence-electron chi connectivity index (χ1n) is 11.1. The maximum atomic E-state index is 13.1. The zero-order valence-electron chi connectivity index (χ0n) is 20.7. The number of carboxylic acid groups (broad SMARTS) is 1. The number of β-lactam (4-membered cyclic amide) rings is 1. The van der Waals surface area contributed by atoms with Gasteiger partial charge >= 0.3 is 11.9 Å². The minimum Gasteiger partial charge on any atom is -0.477 e. The van der Waals surface area contributed by atoms with Gasteiger partial charge in [-0.15, -0.1) is 28.2 Å². The van der Waals surface area contributed by atoms with Gasteiger partial charge in [-0.3, -0.25) is 14.5 Å². The molecule has 0 aliphatic carbocycles. The van der Waals surface area contributed by atoms with Crippen LogP contribution in [0, 0.1) is 0 Å². The molecule has 1 unspecified atom stereocenters. The zero-order valence-corrected chi connectivity index (χ0v) is 23.2. The van der Waals surface area contributed by atoms with Gasteiger partial charge < -0.3 is 25.7 Å². The molecule has 0 bridgehead atoms. The molecule has 1 fully saturated rings.